The van der Waals surface area contributed by atoms with Crippen LogP contribution in [0, 0.1) is 0 Å². The molecule has 0 bridgehead atoms. The van der Waals surface area contributed by atoms with Crippen molar-refractivity contribution >= 4 is 47.6 Å². The Hall–Kier alpha value is -0.180. The van der Waals surface area contributed by atoms with Gasteiger partial charge >= 0.3 is 0 Å². The first-order chi connectivity index (χ1) is 9.72. The number of carbonyl (C=O) groups excluding carboxylic acids is 1. The minimum atomic E-state index is 0. The second-order valence-electron chi connectivity index (χ2n) is 5.36. The lowest BCUT2D eigenvalue weighted by Crippen LogP contribution is -2.48. The quantitative estimate of drug-likeness (QED) is 0.399. The van der Waals surface area contributed by atoms with Gasteiger partial charge in [0, 0.05) is 36.7 Å². The van der Waals surface area contributed by atoms with Crippen LogP contribution in [-0.4, -0.2) is 60.0 Å². The van der Waals surface area contributed by atoms with Gasteiger partial charge in [0.2, 0.25) is 5.91 Å². The summed E-state index contributed by atoms with van der Waals surface area (Å²) in [4.78, 5) is 18.5. The maximum absolute atomic E-state index is 11.7. The molecular formula is C14H27IN4OS. The molecule has 1 amide bonds. The van der Waals surface area contributed by atoms with E-state index in [2.05, 4.69) is 34.4 Å². The molecule has 5 nitrogen and oxygen atoms in total. The first-order valence-electron chi connectivity index (χ1n) is 7.67. The van der Waals surface area contributed by atoms with Crippen LogP contribution in [0.1, 0.15) is 33.1 Å². The van der Waals surface area contributed by atoms with Gasteiger partial charge in [-0.1, -0.05) is 6.92 Å². The number of halogens is 1. The van der Waals surface area contributed by atoms with Gasteiger partial charge in [0.05, 0.1) is 0 Å². The van der Waals surface area contributed by atoms with Crippen LogP contribution in [0.15, 0.2) is 4.99 Å². The number of nitrogens with one attached hydrogen (secondary N) is 2. The minimum Gasteiger partial charge on any atom is -0.357 e. The van der Waals surface area contributed by atoms with E-state index in [9.17, 15) is 4.79 Å². The summed E-state index contributed by atoms with van der Waals surface area (Å²) in [6.07, 6.45) is 3.43. The van der Waals surface area contributed by atoms with Gasteiger partial charge in [0.25, 0.3) is 0 Å². The van der Waals surface area contributed by atoms with Crippen molar-refractivity contribution in [3.63, 3.8) is 0 Å². The molecule has 1 aliphatic carbocycles. The summed E-state index contributed by atoms with van der Waals surface area (Å²) in [5, 5.41) is 6.96. The molecular weight excluding hydrogens is 399 g/mol. The van der Waals surface area contributed by atoms with Crippen LogP contribution >= 0.6 is 35.7 Å². The second-order valence-corrected chi connectivity index (χ2v) is 6.77. The number of hydrogen-bond donors (Lipinski definition) is 2. The van der Waals surface area contributed by atoms with Gasteiger partial charge < -0.3 is 15.5 Å². The van der Waals surface area contributed by atoms with Gasteiger partial charge in [-0.2, -0.15) is 11.8 Å². The Morgan fingerprint density at radius 2 is 2.14 bits per heavy atom. The van der Waals surface area contributed by atoms with E-state index < -0.39 is 0 Å². The molecule has 2 fully saturated rings. The van der Waals surface area contributed by atoms with Gasteiger partial charge in [-0.15, -0.1) is 24.0 Å². The molecule has 2 N–H and O–H groups in total. The fourth-order valence-electron chi connectivity index (χ4n) is 2.23. The van der Waals surface area contributed by atoms with Crippen molar-refractivity contribution in [2.75, 3.05) is 31.9 Å². The lowest BCUT2D eigenvalue weighted by atomic mass is 10.3. The van der Waals surface area contributed by atoms with Crippen LogP contribution in [0.25, 0.3) is 0 Å². The number of thioether (sulfide) groups is 1. The van der Waals surface area contributed by atoms with Crippen molar-refractivity contribution in [2.45, 2.75) is 44.4 Å². The molecule has 7 heteroatoms. The average molecular weight is 426 g/mol. The predicted molar refractivity (Wildman–Crippen MR) is 101 cm³/mol. The van der Waals surface area contributed by atoms with Gasteiger partial charge in [-0.25, -0.2) is 4.99 Å². The Bertz CT molecular complexity index is 363. The number of amides is 1. The summed E-state index contributed by atoms with van der Waals surface area (Å²) in [5.41, 5.74) is 0. The summed E-state index contributed by atoms with van der Waals surface area (Å²) in [6, 6.07) is 0.413. The van der Waals surface area contributed by atoms with Crippen molar-refractivity contribution < 1.29 is 4.79 Å². The molecule has 0 aromatic carbocycles. The van der Waals surface area contributed by atoms with Crippen LogP contribution < -0.4 is 10.6 Å². The lowest BCUT2D eigenvalue weighted by molar-refractivity contribution is -0.119. The molecule has 0 aromatic rings. The molecule has 1 heterocycles. The third-order valence-corrected chi connectivity index (χ3v) is 4.92. The van der Waals surface area contributed by atoms with E-state index in [0.717, 1.165) is 44.2 Å². The maximum atomic E-state index is 11.7. The molecule has 0 aromatic heterocycles. The third-order valence-electron chi connectivity index (χ3n) is 3.54. The van der Waals surface area contributed by atoms with Gasteiger partial charge in [-0.3, -0.25) is 4.79 Å². The third kappa shape index (κ3) is 6.63. The molecule has 1 saturated heterocycles. The van der Waals surface area contributed by atoms with E-state index in [-0.39, 0.29) is 36.4 Å². The second kappa shape index (κ2) is 9.76. The number of hydrogen-bond acceptors (Lipinski definition) is 3. The average Bonchev–Trinajstić information content (AvgIpc) is 3.27. The zero-order valence-electron chi connectivity index (χ0n) is 12.9. The molecule has 122 valence electrons. The monoisotopic (exact) mass is 426 g/mol. The van der Waals surface area contributed by atoms with E-state index in [1.807, 2.05) is 11.8 Å². The zero-order chi connectivity index (χ0) is 14.4. The van der Waals surface area contributed by atoms with Crippen molar-refractivity contribution in [3.05, 3.63) is 0 Å². The Kier molecular flexibility index (Phi) is 8.77. The van der Waals surface area contributed by atoms with Crippen LogP contribution in [-0.2, 0) is 4.79 Å². The van der Waals surface area contributed by atoms with Crippen molar-refractivity contribution in [3.8, 4) is 0 Å². The van der Waals surface area contributed by atoms with Gasteiger partial charge in [-0.05, 0) is 26.2 Å². The van der Waals surface area contributed by atoms with Crippen molar-refractivity contribution in [1.82, 2.24) is 15.5 Å². The fraction of sp³-hybridized carbons (Fsp3) is 0.857. The van der Waals surface area contributed by atoms with Gasteiger partial charge in [0.1, 0.15) is 6.54 Å². The molecule has 1 saturated carbocycles. The normalized spacial score (nSPS) is 22.5. The first kappa shape index (κ1) is 18.9. The van der Waals surface area contributed by atoms with Crippen LogP contribution in [0.4, 0.5) is 0 Å². The smallest absolute Gasteiger partial charge is 0.242 e. The SMILES string of the molecule is CCNC(=NCC(=O)NC1CC1)N1CCSC(CC)C1.I. The molecule has 1 aliphatic heterocycles. The van der Waals surface area contributed by atoms with E-state index in [1.54, 1.807) is 0 Å². The molecule has 2 aliphatic rings. The molecule has 0 radical (unpaired) electrons. The molecule has 0 spiro atoms. The number of guanidine groups is 1. The topological polar surface area (TPSA) is 56.7 Å². The van der Waals surface area contributed by atoms with E-state index in [0.29, 0.717) is 11.3 Å². The standard InChI is InChI=1S/C14H26N4OS.HI/c1-3-12-10-18(7-8-20-12)14(15-4-2)16-9-13(19)17-11-5-6-11;/h11-12H,3-10H2,1-2H3,(H,15,16)(H,17,19);1H. The van der Waals surface area contributed by atoms with E-state index >= 15 is 0 Å². The Morgan fingerprint density at radius 1 is 1.38 bits per heavy atom. The molecule has 21 heavy (non-hydrogen) atoms. The molecule has 1 atom stereocenters. The highest BCUT2D eigenvalue weighted by Gasteiger charge is 2.24. The number of nitrogens with zero attached hydrogens (tertiary/aromatic N) is 2. The Labute approximate surface area is 149 Å². The summed E-state index contributed by atoms with van der Waals surface area (Å²) in [6.45, 7) is 7.40. The molecule has 1 unspecified atom stereocenters. The first-order valence-corrected chi connectivity index (χ1v) is 8.72. The van der Waals surface area contributed by atoms with Crippen LogP contribution in [0.5, 0.6) is 0 Å². The Balaban J connectivity index is 0.00000220. The minimum absolute atomic E-state index is 0. The summed E-state index contributed by atoms with van der Waals surface area (Å²) >= 11 is 2.04. The zero-order valence-corrected chi connectivity index (χ0v) is 16.1. The predicted octanol–water partition coefficient (Wildman–Crippen LogP) is 1.68. The van der Waals surface area contributed by atoms with Crippen molar-refractivity contribution in [2.24, 2.45) is 4.99 Å². The number of carbonyl (C=O) groups is 1. The highest BCUT2D eigenvalue weighted by atomic mass is 127. The van der Waals surface area contributed by atoms with E-state index in [1.165, 1.54) is 6.42 Å². The van der Waals surface area contributed by atoms with Gasteiger partial charge in [0.15, 0.2) is 5.96 Å². The molecule has 2 rings (SSSR count). The van der Waals surface area contributed by atoms with E-state index in [4.69, 9.17) is 0 Å². The number of aliphatic imine (C=N–C) groups is 1. The van der Waals surface area contributed by atoms with Crippen LogP contribution in [0.2, 0.25) is 0 Å². The van der Waals surface area contributed by atoms with Crippen LogP contribution in [0.3, 0.4) is 0 Å². The highest BCUT2D eigenvalue weighted by molar-refractivity contribution is 14.0. The number of rotatable bonds is 5. The summed E-state index contributed by atoms with van der Waals surface area (Å²) in [7, 11) is 0. The largest absolute Gasteiger partial charge is 0.357 e. The van der Waals surface area contributed by atoms with Crippen molar-refractivity contribution in [1.29, 1.82) is 0 Å². The highest BCUT2D eigenvalue weighted by Crippen LogP contribution is 2.21. The Morgan fingerprint density at radius 3 is 2.76 bits per heavy atom. The lowest BCUT2D eigenvalue weighted by Gasteiger charge is -2.34. The summed E-state index contributed by atoms with van der Waals surface area (Å²) in [5.74, 6) is 2.07. The maximum Gasteiger partial charge on any atom is 0.242 e. The summed E-state index contributed by atoms with van der Waals surface area (Å²) < 4.78 is 0. The fourth-order valence-corrected chi connectivity index (χ4v) is 3.41.